The standard InChI is InChI=1S/C23H28N4O3/c1-5-7-16-9-11-17(12-10-16)18-14-24-21(25-18)19-8-6-13-27(19)22(28)20(15(2)3)26-23(29)30-4/h9-12,14-15,19-20H,6,8,13H2,1-4H3,(H,24,25)(H,26,29)/t19-,20-/m0/s1. The van der Waals surface area contributed by atoms with Gasteiger partial charge in [0.2, 0.25) is 5.91 Å². The van der Waals surface area contributed by atoms with E-state index < -0.39 is 12.1 Å². The average molecular weight is 409 g/mol. The van der Waals surface area contributed by atoms with E-state index in [0.717, 1.165) is 35.5 Å². The number of aromatic amines is 1. The number of rotatable bonds is 5. The summed E-state index contributed by atoms with van der Waals surface area (Å²) >= 11 is 0. The summed E-state index contributed by atoms with van der Waals surface area (Å²) in [4.78, 5) is 34.6. The van der Waals surface area contributed by atoms with E-state index in [9.17, 15) is 9.59 Å². The number of nitrogens with one attached hydrogen (secondary N) is 2. The molecule has 3 rings (SSSR count). The van der Waals surface area contributed by atoms with E-state index in [1.165, 1.54) is 7.11 Å². The molecule has 0 aliphatic carbocycles. The lowest BCUT2D eigenvalue weighted by molar-refractivity contribution is -0.135. The van der Waals surface area contributed by atoms with Crippen LogP contribution in [0.25, 0.3) is 11.3 Å². The molecular formula is C23H28N4O3. The number of methoxy groups -OCH3 is 1. The summed E-state index contributed by atoms with van der Waals surface area (Å²) < 4.78 is 4.68. The van der Waals surface area contributed by atoms with Crippen LogP contribution in [0.15, 0.2) is 30.5 Å². The van der Waals surface area contributed by atoms with E-state index in [-0.39, 0.29) is 17.9 Å². The first-order valence-electron chi connectivity index (χ1n) is 10.2. The molecule has 2 amide bonds. The maximum absolute atomic E-state index is 13.2. The molecule has 7 heteroatoms. The maximum atomic E-state index is 13.2. The first-order chi connectivity index (χ1) is 14.4. The molecule has 2 aromatic rings. The summed E-state index contributed by atoms with van der Waals surface area (Å²) in [5.74, 6) is 6.51. The van der Waals surface area contributed by atoms with Gasteiger partial charge in [-0.2, -0.15) is 0 Å². The van der Waals surface area contributed by atoms with Crippen LogP contribution in [-0.2, 0) is 9.53 Å². The van der Waals surface area contributed by atoms with Gasteiger partial charge in [-0.15, -0.1) is 5.92 Å². The molecular weight excluding hydrogens is 380 g/mol. The van der Waals surface area contributed by atoms with Crippen molar-refractivity contribution in [2.75, 3.05) is 13.7 Å². The van der Waals surface area contributed by atoms with Gasteiger partial charge >= 0.3 is 6.09 Å². The summed E-state index contributed by atoms with van der Waals surface area (Å²) in [5, 5.41) is 2.67. The van der Waals surface area contributed by atoms with Gasteiger partial charge in [-0.1, -0.05) is 31.9 Å². The fraction of sp³-hybridized carbons (Fsp3) is 0.435. The molecule has 1 fully saturated rings. The van der Waals surface area contributed by atoms with Crippen molar-refractivity contribution < 1.29 is 14.3 Å². The van der Waals surface area contributed by atoms with Crippen molar-refractivity contribution in [3.63, 3.8) is 0 Å². The van der Waals surface area contributed by atoms with Crippen molar-refractivity contribution in [2.24, 2.45) is 5.92 Å². The number of hydrogen-bond donors (Lipinski definition) is 2. The van der Waals surface area contributed by atoms with Gasteiger partial charge < -0.3 is 19.9 Å². The number of H-pyrrole nitrogens is 1. The number of imidazole rings is 1. The van der Waals surface area contributed by atoms with Gasteiger partial charge in [0.05, 0.1) is 25.0 Å². The molecule has 0 unspecified atom stereocenters. The Morgan fingerprint density at radius 2 is 2.03 bits per heavy atom. The van der Waals surface area contributed by atoms with Gasteiger partial charge in [0.15, 0.2) is 0 Å². The minimum atomic E-state index is -0.639. The molecule has 1 aromatic heterocycles. The zero-order chi connectivity index (χ0) is 21.7. The van der Waals surface area contributed by atoms with Crippen LogP contribution in [0.5, 0.6) is 0 Å². The van der Waals surface area contributed by atoms with E-state index in [4.69, 9.17) is 0 Å². The molecule has 2 N–H and O–H groups in total. The van der Waals surface area contributed by atoms with E-state index in [0.29, 0.717) is 6.54 Å². The maximum Gasteiger partial charge on any atom is 0.407 e. The third kappa shape index (κ3) is 4.65. The van der Waals surface area contributed by atoms with Crippen LogP contribution in [-0.4, -0.2) is 46.6 Å². The second-order valence-electron chi connectivity index (χ2n) is 7.68. The minimum Gasteiger partial charge on any atom is -0.453 e. The predicted molar refractivity (Wildman–Crippen MR) is 114 cm³/mol. The fourth-order valence-electron chi connectivity index (χ4n) is 3.72. The molecule has 2 heterocycles. The molecule has 0 radical (unpaired) electrons. The van der Waals surface area contributed by atoms with Gasteiger partial charge in [0.25, 0.3) is 0 Å². The Morgan fingerprint density at radius 1 is 1.30 bits per heavy atom. The van der Waals surface area contributed by atoms with Crippen molar-refractivity contribution in [3.05, 3.63) is 41.9 Å². The minimum absolute atomic E-state index is 0.0604. The highest BCUT2D eigenvalue weighted by atomic mass is 16.5. The zero-order valence-corrected chi connectivity index (χ0v) is 17.9. The molecule has 1 aliphatic rings. The zero-order valence-electron chi connectivity index (χ0n) is 17.9. The summed E-state index contributed by atoms with van der Waals surface area (Å²) in [6, 6.07) is 7.18. The van der Waals surface area contributed by atoms with Crippen LogP contribution in [0.1, 0.15) is 51.0 Å². The summed E-state index contributed by atoms with van der Waals surface area (Å²) in [5.41, 5.74) is 2.87. The SMILES string of the molecule is CC#Cc1ccc(-c2cnc([C@@H]3CCCN3C(=O)[C@@H](NC(=O)OC)C(C)C)[nH]2)cc1. The van der Waals surface area contributed by atoms with Crippen LogP contribution in [0.3, 0.4) is 0 Å². The van der Waals surface area contributed by atoms with Crippen molar-refractivity contribution >= 4 is 12.0 Å². The van der Waals surface area contributed by atoms with Crippen LogP contribution >= 0.6 is 0 Å². The third-order valence-electron chi connectivity index (χ3n) is 5.30. The second kappa shape index (κ2) is 9.49. The monoisotopic (exact) mass is 408 g/mol. The van der Waals surface area contributed by atoms with Crippen LogP contribution in [0.4, 0.5) is 4.79 Å². The average Bonchev–Trinajstić information content (AvgIpc) is 3.41. The highest BCUT2D eigenvalue weighted by Crippen LogP contribution is 2.32. The van der Waals surface area contributed by atoms with E-state index in [1.807, 2.05) is 49.9 Å². The second-order valence-corrected chi connectivity index (χ2v) is 7.68. The predicted octanol–water partition coefficient (Wildman–Crippen LogP) is 3.49. The quantitative estimate of drug-likeness (QED) is 0.742. The third-order valence-corrected chi connectivity index (χ3v) is 5.30. The summed E-state index contributed by atoms with van der Waals surface area (Å²) in [6.45, 7) is 6.26. The molecule has 1 aliphatic heterocycles. The molecule has 2 atom stereocenters. The first-order valence-corrected chi connectivity index (χ1v) is 10.2. The number of carbonyl (C=O) groups excluding carboxylic acids is 2. The molecule has 1 aromatic carbocycles. The Balaban J connectivity index is 1.79. The van der Waals surface area contributed by atoms with Gasteiger partial charge in [-0.05, 0) is 43.4 Å². The topological polar surface area (TPSA) is 87.3 Å². The number of carbonyl (C=O) groups is 2. The lowest BCUT2D eigenvalue weighted by atomic mass is 10.0. The van der Waals surface area contributed by atoms with Crippen LogP contribution in [0, 0.1) is 17.8 Å². The van der Waals surface area contributed by atoms with Gasteiger partial charge in [0.1, 0.15) is 11.9 Å². The number of nitrogens with zero attached hydrogens (tertiary/aromatic N) is 2. The first kappa shape index (κ1) is 21.4. The lowest BCUT2D eigenvalue weighted by Crippen LogP contribution is -2.51. The van der Waals surface area contributed by atoms with Gasteiger partial charge in [-0.25, -0.2) is 9.78 Å². The molecule has 0 spiro atoms. The molecule has 7 nitrogen and oxygen atoms in total. The Hall–Kier alpha value is -3.27. The highest BCUT2D eigenvalue weighted by molar-refractivity contribution is 5.86. The molecule has 158 valence electrons. The van der Waals surface area contributed by atoms with Crippen molar-refractivity contribution in [2.45, 2.75) is 45.7 Å². The Bertz CT molecular complexity index is 953. The van der Waals surface area contributed by atoms with Gasteiger partial charge in [0, 0.05) is 12.1 Å². The van der Waals surface area contributed by atoms with Crippen molar-refractivity contribution in [1.82, 2.24) is 20.2 Å². The van der Waals surface area contributed by atoms with E-state index >= 15 is 0 Å². The summed E-state index contributed by atoms with van der Waals surface area (Å²) in [6.07, 6.45) is 2.91. The van der Waals surface area contributed by atoms with Gasteiger partial charge in [-0.3, -0.25) is 4.79 Å². The number of hydrogen-bond acceptors (Lipinski definition) is 4. The van der Waals surface area contributed by atoms with E-state index in [2.05, 4.69) is 31.9 Å². The largest absolute Gasteiger partial charge is 0.453 e. The lowest BCUT2D eigenvalue weighted by Gasteiger charge is -2.30. The number of amides is 2. The van der Waals surface area contributed by atoms with Crippen molar-refractivity contribution in [1.29, 1.82) is 0 Å². The van der Waals surface area contributed by atoms with E-state index in [1.54, 1.807) is 6.20 Å². The molecule has 30 heavy (non-hydrogen) atoms. The molecule has 1 saturated heterocycles. The molecule has 0 saturated carbocycles. The smallest absolute Gasteiger partial charge is 0.407 e. The Kier molecular flexibility index (Phi) is 6.78. The van der Waals surface area contributed by atoms with Crippen LogP contribution < -0.4 is 5.32 Å². The fourth-order valence-corrected chi connectivity index (χ4v) is 3.72. The highest BCUT2D eigenvalue weighted by Gasteiger charge is 2.37. The van der Waals surface area contributed by atoms with Crippen LogP contribution in [0.2, 0.25) is 0 Å². The number of likely N-dealkylation sites (tertiary alicyclic amines) is 1. The Labute approximate surface area is 177 Å². The number of alkyl carbamates (subject to hydrolysis) is 1. The summed E-state index contributed by atoms with van der Waals surface area (Å²) in [7, 11) is 1.29. The van der Waals surface area contributed by atoms with Crippen molar-refractivity contribution in [3.8, 4) is 23.1 Å². The normalized spacial score (nSPS) is 16.7. The number of benzene rings is 1. The number of aromatic nitrogens is 2. The Morgan fingerprint density at radius 3 is 2.67 bits per heavy atom. The molecule has 0 bridgehead atoms. The number of ether oxygens (including phenoxy) is 1.